The predicted octanol–water partition coefficient (Wildman–Crippen LogP) is 12.0. The molecule has 240 valence electrons. The molecule has 2 nitrogen and oxygen atoms in total. The van der Waals surface area contributed by atoms with E-state index >= 15 is 0 Å². The Bertz CT molecular complexity index is 1130. The third kappa shape index (κ3) is 8.92. The van der Waals surface area contributed by atoms with E-state index in [-0.39, 0.29) is 0 Å². The Hall–Kier alpha value is -1.34. The minimum atomic E-state index is 0.853. The molecule has 0 aromatic heterocycles. The Morgan fingerprint density at radius 1 is 0.364 bits per heavy atom. The molecule has 2 aliphatic heterocycles. The Morgan fingerprint density at radius 3 is 0.841 bits per heavy atom. The summed E-state index contributed by atoms with van der Waals surface area (Å²) in [6.07, 6.45) is 26.4. The molecule has 0 saturated carbocycles. The molecule has 0 bridgehead atoms. The van der Waals surface area contributed by atoms with Gasteiger partial charge in [-0.05, 0) is 12.8 Å². The van der Waals surface area contributed by atoms with Crippen LogP contribution in [0.1, 0.15) is 165 Å². The van der Waals surface area contributed by atoms with Gasteiger partial charge in [-0.3, -0.25) is 0 Å². The Balaban J connectivity index is 1.31. The largest absolute Gasteiger partial charge is 0.323 e. The van der Waals surface area contributed by atoms with Crippen molar-refractivity contribution in [2.45, 2.75) is 142 Å². The lowest BCUT2D eigenvalue weighted by Crippen LogP contribution is -2.42. The van der Waals surface area contributed by atoms with Gasteiger partial charge in [0.05, 0.1) is 0 Å². The van der Waals surface area contributed by atoms with Gasteiger partial charge in [0, 0.05) is 46.1 Å². The van der Waals surface area contributed by atoms with Crippen molar-refractivity contribution >= 4 is 79.6 Å². The summed E-state index contributed by atoms with van der Waals surface area (Å²) in [6.45, 7) is 6.34. The summed E-state index contributed by atoms with van der Waals surface area (Å²) in [7, 11) is 0. The minimum absolute atomic E-state index is 0.853. The monoisotopic (exact) mass is 666 g/mol. The van der Waals surface area contributed by atoms with Crippen LogP contribution in [0.5, 0.6) is 0 Å². The Morgan fingerprint density at radius 2 is 0.591 bits per heavy atom. The predicted molar refractivity (Wildman–Crippen MR) is 208 cm³/mol. The van der Waals surface area contributed by atoms with Gasteiger partial charge in [0.25, 0.3) is 0 Å². The van der Waals surface area contributed by atoms with Gasteiger partial charge in [-0.15, -0.1) is 0 Å². The van der Waals surface area contributed by atoms with Crippen LogP contribution in [-0.4, -0.2) is 42.8 Å². The van der Waals surface area contributed by atoms with Gasteiger partial charge in [-0.2, -0.15) is 0 Å². The van der Waals surface area contributed by atoms with Crippen LogP contribution >= 0.6 is 48.9 Å². The summed E-state index contributed by atoms with van der Waals surface area (Å²) in [5, 5.41) is 2.30. The molecule has 6 heteroatoms. The number of thiocarbonyl (C=S) groups is 4. The molecule has 0 spiro atoms. The first-order valence-electron chi connectivity index (χ1n) is 17.8. The molecule has 0 amide bonds. The van der Waals surface area contributed by atoms with Crippen molar-refractivity contribution in [3.05, 3.63) is 46.5 Å². The van der Waals surface area contributed by atoms with Crippen LogP contribution in [0.3, 0.4) is 0 Å². The summed E-state index contributed by atoms with van der Waals surface area (Å²) >= 11 is 24.3. The maximum absolute atomic E-state index is 6.07. The van der Waals surface area contributed by atoms with E-state index in [1.807, 2.05) is 0 Å². The van der Waals surface area contributed by atoms with Gasteiger partial charge in [0.1, 0.15) is 20.0 Å². The molecule has 2 aromatic rings. The number of hydrogen-bond donors (Lipinski definition) is 0. The van der Waals surface area contributed by atoms with Crippen molar-refractivity contribution in [1.29, 1.82) is 0 Å². The van der Waals surface area contributed by atoms with Crippen LogP contribution in [0.25, 0.3) is 10.8 Å². The van der Waals surface area contributed by atoms with Gasteiger partial charge in [-0.1, -0.05) is 203 Å². The SMILES string of the molecule is CCCCCCCCCCCCN1C(=S)c2ccc3c4c(ccc(c24)C1=S)C(=S)N(CCCCCCCCCCCC)C3=S. The number of rotatable bonds is 22. The van der Waals surface area contributed by atoms with E-state index in [1.165, 1.54) is 116 Å². The third-order valence-electron chi connectivity index (χ3n) is 9.53. The van der Waals surface area contributed by atoms with E-state index < -0.39 is 0 Å². The maximum Gasteiger partial charge on any atom is 0.114 e. The lowest BCUT2D eigenvalue weighted by Gasteiger charge is -2.36. The molecule has 0 atom stereocenters. The van der Waals surface area contributed by atoms with Gasteiger partial charge < -0.3 is 9.80 Å². The zero-order valence-corrected chi connectivity index (χ0v) is 30.7. The average molecular weight is 667 g/mol. The highest BCUT2D eigenvalue weighted by molar-refractivity contribution is 7.83. The Labute approximate surface area is 289 Å². The molecule has 4 rings (SSSR count). The van der Waals surface area contributed by atoms with Gasteiger partial charge >= 0.3 is 0 Å². The number of nitrogens with zero attached hydrogens (tertiary/aromatic N) is 2. The molecule has 0 N–H and O–H groups in total. The van der Waals surface area contributed by atoms with Gasteiger partial charge in [0.2, 0.25) is 0 Å². The van der Waals surface area contributed by atoms with Crippen LogP contribution < -0.4 is 0 Å². The summed E-state index contributed by atoms with van der Waals surface area (Å²) < 4.78 is 0. The standard InChI is InChI=1S/C38H54N2S4/c1-3-5-7-9-11-13-15-17-19-21-27-39-35(41)29-23-25-31-34-32(26-24-30(33(29)34)36(39)42)38(44)40(37(31)43)28-22-20-18-16-14-12-10-8-6-4-2/h23-26H,3-22,27-28H2,1-2H3. The summed E-state index contributed by atoms with van der Waals surface area (Å²) in [5.41, 5.74) is 4.41. The number of hydrogen-bond acceptors (Lipinski definition) is 4. The first-order valence-corrected chi connectivity index (χ1v) is 19.5. The van der Waals surface area contributed by atoms with Gasteiger partial charge in [-0.25, -0.2) is 0 Å². The summed E-state index contributed by atoms with van der Waals surface area (Å²) in [6, 6.07) is 8.72. The van der Waals surface area contributed by atoms with Crippen molar-refractivity contribution in [3.63, 3.8) is 0 Å². The number of benzene rings is 2. The topological polar surface area (TPSA) is 6.48 Å². The molecular weight excluding hydrogens is 613 g/mol. The highest BCUT2D eigenvalue weighted by atomic mass is 32.1. The smallest absolute Gasteiger partial charge is 0.114 e. The second-order valence-corrected chi connectivity index (χ2v) is 14.5. The number of unbranched alkanes of at least 4 members (excludes halogenated alkanes) is 18. The second kappa shape index (κ2) is 18.7. The first kappa shape index (κ1) is 35.5. The molecule has 44 heavy (non-hydrogen) atoms. The van der Waals surface area contributed by atoms with Crippen LogP contribution in [-0.2, 0) is 0 Å². The van der Waals surface area contributed by atoms with Crippen LogP contribution in [0.4, 0.5) is 0 Å². The first-order chi connectivity index (χ1) is 21.5. The molecule has 0 radical (unpaired) electrons. The highest BCUT2D eigenvalue weighted by Gasteiger charge is 2.34. The molecule has 2 aliphatic rings. The highest BCUT2D eigenvalue weighted by Crippen LogP contribution is 2.39. The van der Waals surface area contributed by atoms with Crippen molar-refractivity contribution in [1.82, 2.24) is 9.80 Å². The van der Waals surface area contributed by atoms with Crippen molar-refractivity contribution in [3.8, 4) is 0 Å². The minimum Gasteiger partial charge on any atom is -0.323 e. The van der Waals surface area contributed by atoms with Crippen molar-refractivity contribution in [2.24, 2.45) is 0 Å². The van der Waals surface area contributed by atoms with Gasteiger partial charge in [0.15, 0.2) is 0 Å². The van der Waals surface area contributed by atoms with Crippen LogP contribution in [0, 0.1) is 0 Å². The zero-order chi connectivity index (χ0) is 31.3. The molecule has 0 fully saturated rings. The van der Waals surface area contributed by atoms with Crippen LogP contribution in [0.2, 0.25) is 0 Å². The van der Waals surface area contributed by atoms with E-state index in [9.17, 15) is 0 Å². The lowest BCUT2D eigenvalue weighted by atomic mass is 9.86. The lowest BCUT2D eigenvalue weighted by molar-refractivity contribution is 0.523. The van der Waals surface area contributed by atoms with Crippen LogP contribution in [0.15, 0.2) is 24.3 Å². The summed E-state index contributed by atoms with van der Waals surface area (Å²) in [4.78, 5) is 7.81. The molecule has 0 saturated heterocycles. The van der Waals surface area contributed by atoms with E-state index in [2.05, 4.69) is 47.9 Å². The van der Waals surface area contributed by atoms with Crippen molar-refractivity contribution < 1.29 is 0 Å². The van der Waals surface area contributed by atoms with E-state index in [1.54, 1.807) is 0 Å². The normalized spacial score (nSPS) is 14.4. The van der Waals surface area contributed by atoms with E-state index in [4.69, 9.17) is 48.9 Å². The quantitative estimate of drug-likeness (QED) is 0.0905. The fraction of sp³-hybridized carbons (Fsp3) is 0.632. The molecular formula is C38H54N2S4. The average Bonchev–Trinajstić information content (AvgIpc) is 3.03. The molecule has 0 aliphatic carbocycles. The molecule has 2 aromatic carbocycles. The third-order valence-corrected chi connectivity index (χ3v) is 11.3. The fourth-order valence-electron chi connectivity index (χ4n) is 6.90. The van der Waals surface area contributed by atoms with E-state index in [0.29, 0.717) is 0 Å². The maximum atomic E-state index is 6.07. The zero-order valence-electron chi connectivity index (χ0n) is 27.4. The van der Waals surface area contributed by atoms with E-state index in [0.717, 1.165) is 78.9 Å². The Kier molecular flexibility index (Phi) is 15.1. The fourth-order valence-corrected chi connectivity index (χ4v) is 8.42. The molecule has 0 unspecified atom stereocenters. The molecule has 2 heterocycles. The summed E-state index contributed by atoms with van der Waals surface area (Å²) in [5.74, 6) is 0. The van der Waals surface area contributed by atoms with Crippen molar-refractivity contribution in [2.75, 3.05) is 13.1 Å². The second-order valence-electron chi connectivity index (χ2n) is 13.0.